The number of benzene rings is 1. The average Bonchev–Trinajstić information content (AvgIpc) is 2.46. The molecule has 1 amide bonds. The monoisotopic (exact) mass is 434 g/mol. The molecule has 1 rings (SSSR count). The van der Waals surface area contributed by atoms with Crippen LogP contribution in [0.1, 0.15) is 39.2 Å². The van der Waals surface area contributed by atoms with Crippen molar-refractivity contribution in [2.75, 3.05) is 20.3 Å². The van der Waals surface area contributed by atoms with Gasteiger partial charge < -0.3 is 10.5 Å². The summed E-state index contributed by atoms with van der Waals surface area (Å²) in [4.78, 5) is 17.4. The molecule has 0 radical (unpaired) electrons. The molecule has 0 aliphatic rings. The molecule has 130 valence electrons. The van der Waals surface area contributed by atoms with E-state index in [1.165, 1.54) is 7.11 Å². The Hall–Kier alpha value is -0.700. The summed E-state index contributed by atoms with van der Waals surface area (Å²) < 4.78 is 7.17. The van der Waals surface area contributed by atoms with Gasteiger partial charge in [0.15, 0.2) is 0 Å². The van der Waals surface area contributed by atoms with Crippen molar-refractivity contribution in [2.45, 2.75) is 39.2 Å². The second kappa shape index (κ2) is 8.41. The van der Waals surface area contributed by atoms with Crippen LogP contribution in [0.3, 0.4) is 0 Å². The molecule has 0 aromatic heterocycles. The first kappa shape index (κ1) is 20.3. The van der Waals surface area contributed by atoms with Gasteiger partial charge in [0.2, 0.25) is 0 Å². The first-order valence-corrected chi connectivity index (χ1v) is 8.63. The van der Waals surface area contributed by atoms with Gasteiger partial charge in [-0.2, -0.15) is 0 Å². The van der Waals surface area contributed by atoms with E-state index in [0.29, 0.717) is 13.2 Å². The number of hydrogen-bond donors (Lipinski definition) is 2. The number of hydrogen-bond acceptors (Lipinski definition) is 4. The van der Waals surface area contributed by atoms with Gasteiger partial charge >= 0.3 is 0 Å². The number of hydroxylamine groups is 1. The van der Waals surface area contributed by atoms with Crippen LogP contribution in [-0.2, 0) is 14.4 Å². The topological polar surface area (TPSA) is 73.6 Å². The molecule has 23 heavy (non-hydrogen) atoms. The fraction of sp³-hybridized carbons (Fsp3) is 0.588. The zero-order valence-corrected chi connectivity index (χ0v) is 16.6. The van der Waals surface area contributed by atoms with Crippen molar-refractivity contribution < 1.29 is 14.4 Å². The Labute approximate surface area is 152 Å². The molecule has 1 unspecified atom stereocenters. The Bertz CT molecular complexity index is 532. The van der Waals surface area contributed by atoms with Crippen molar-refractivity contribution in [3.05, 3.63) is 33.4 Å². The number of carbonyl (C=O) groups excluding carboxylic acids is 1. The number of nitrogens with two attached hydrogens (primary N) is 1. The second-order valence-electron chi connectivity index (χ2n) is 6.92. The predicted molar refractivity (Wildman–Crippen MR) is 99.9 cm³/mol. The Balaban J connectivity index is 3.09. The molecule has 0 saturated carbocycles. The minimum atomic E-state index is -0.709. The molecule has 1 atom stereocenters. The number of halogens is 1. The van der Waals surface area contributed by atoms with Gasteiger partial charge in [0, 0.05) is 8.99 Å². The van der Waals surface area contributed by atoms with Crippen LogP contribution in [0.2, 0.25) is 0 Å². The summed E-state index contributed by atoms with van der Waals surface area (Å²) in [6, 6.07) is 7.84. The lowest BCUT2D eigenvalue weighted by Crippen LogP contribution is -2.45. The molecule has 1 aromatic rings. The van der Waals surface area contributed by atoms with Gasteiger partial charge in [0.25, 0.3) is 5.91 Å². The van der Waals surface area contributed by atoms with Gasteiger partial charge in [-0.1, -0.05) is 26.0 Å². The van der Waals surface area contributed by atoms with Crippen LogP contribution >= 0.6 is 22.6 Å². The van der Waals surface area contributed by atoms with Crippen LogP contribution in [0.15, 0.2) is 24.3 Å². The van der Waals surface area contributed by atoms with Crippen LogP contribution < -0.4 is 11.2 Å². The van der Waals surface area contributed by atoms with Gasteiger partial charge in [-0.15, -0.1) is 0 Å². The molecule has 0 heterocycles. The van der Waals surface area contributed by atoms with Crippen LogP contribution in [0.4, 0.5) is 0 Å². The van der Waals surface area contributed by atoms with E-state index < -0.39 is 11.5 Å². The largest absolute Gasteiger partial charge is 0.374 e. The molecule has 0 aliphatic carbocycles. The highest BCUT2D eigenvalue weighted by atomic mass is 127. The third-order valence-corrected chi connectivity index (χ3v) is 4.40. The van der Waals surface area contributed by atoms with Crippen molar-refractivity contribution in [1.29, 1.82) is 0 Å². The summed E-state index contributed by atoms with van der Waals surface area (Å²) in [6.45, 7) is 8.90. The number of carbonyl (C=O) groups is 1. The van der Waals surface area contributed by atoms with Crippen molar-refractivity contribution >= 4 is 28.5 Å². The summed E-state index contributed by atoms with van der Waals surface area (Å²) in [5, 5.41) is 0. The molecule has 0 bridgehead atoms. The summed E-state index contributed by atoms with van der Waals surface area (Å²) in [5.74, 6) is -0.726. The van der Waals surface area contributed by atoms with Crippen LogP contribution in [0.5, 0.6) is 0 Å². The zero-order chi connectivity index (χ0) is 17.7. The highest BCUT2D eigenvalue weighted by molar-refractivity contribution is 14.1. The zero-order valence-electron chi connectivity index (χ0n) is 14.5. The van der Waals surface area contributed by atoms with Gasteiger partial charge in [0.1, 0.15) is 0 Å². The molecular formula is C17H27IN2O3. The van der Waals surface area contributed by atoms with E-state index >= 15 is 0 Å². The van der Waals surface area contributed by atoms with E-state index in [1.54, 1.807) is 0 Å². The molecule has 0 spiro atoms. The fourth-order valence-corrected chi connectivity index (χ4v) is 2.80. The quantitative estimate of drug-likeness (QED) is 0.488. The standard InChI is InChI=1S/C17H27IN2O3/c1-16(2,10-19)11-23-17(3,4)14(15(21)20-22-5)12-7-6-8-13(18)9-12/h6-9,14H,10-11,19H2,1-5H3,(H,20,21). The average molecular weight is 434 g/mol. The van der Waals surface area contributed by atoms with Gasteiger partial charge in [-0.25, -0.2) is 5.48 Å². The summed E-state index contributed by atoms with van der Waals surface area (Å²) in [7, 11) is 1.43. The van der Waals surface area contributed by atoms with E-state index in [0.717, 1.165) is 9.13 Å². The van der Waals surface area contributed by atoms with Gasteiger partial charge in [0.05, 0.1) is 25.2 Å². The normalized spacial score (nSPS) is 13.7. The summed E-state index contributed by atoms with van der Waals surface area (Å²) in [6.07, 6.45) is 0. The molecule has 3 N–H and O–H groups in total. The predicted octanol–water partition coefficient (Wildman–Crippen LogP) is 2.83. The van der Waals surface area contributed by atoms with E-state index in [-0.39, 0.29) is 11.3 Å². The maximum absolute atomic E-state index is 12.6. The molecule has 5 nitrogen and oxygen atoms in total. The molecule has 6 heteroatoms. The number of amides is 1. The Kier molecular flexibility index (Phi) is 7.44. The third-order valence-electron chi connectivity index (χ3n) is 3.73. The molecule has 0 saturated heterocycles. The third kappa shape index (κ3) is 6.02. The Morgan fingerprint density at radius 2 is 2.00 bits per heavy atom. The van der Waals surface area contributed by atoms with Crippen molar-refractivity contribution in [3.63, 3.8) is 0 Å². The van der Waals surface area contributed by atoms with Crippen LogP contribution in [0.25, 0.3) is 0 Å². The molecule has 0 aliphatic heterocycles. The Morgan fingerprint density at radius 3 is 2.52 bits per heavy atom. The summed E-state index contributed by atoms with van der Waals surface area (Å²) >= 11 is 2.23. The van der Waals surface area contributed by atoms with Crippen molar-refractivity contribution in [3.8, 4) is 0 Å². The fourth-order valence-electron chi connectivity index (χ4n) is 2.24. The number of ether oxygens (including phenoxy) is 1. The van der Waals surface area contributed by atoms with E-state index in [9.17, 15) is 4.79 Å². The van der Waals surface area contributed by atoms with Gasteiger partial charge in [-0.3, -0.25) is 9.63 Å². The highest BCUT2D eigenvalue weighted by Gasteiger charge is 2.39. The van der Waals surface area contributed by atoms with Crippen LogP contribution in [-0.4, -0.2) is 31.8 Å². The first-order valence-electron chi connectivity index (χ1n) is 7.55. The first-order chi connectivity index (χ1) is 10.6. The van der Waals surface area contributed by atoms with E-state index in [1.807, 2.05) is 52.0 Å². The lowest BCUT2D eigenvalue weighted by Gasteiger charge is -2.36. The summed E-state index contributed by atoms with van der Waals surface area (Å²) in [5.41, 5.74) is 8.24. The van der Waals surface area contributed by atoms with Crippen LogP contribution in [0, 0.1) is 8.99 Å². The molecule has 0 fully saturated rings. The van der Waals surface area contributed by atoms with E-state index in [2.05, 4.69) is 28.1 Å². The molecular weight excluding hydrogens is 407 g/mol. The highest BCUT2D eigenvalue weighted by Crippen LogP contribution is 2.33. The second-order valence-corrected chi connectivity index (χ2v) is 8.16. The van der Waals surface area contributed by atoms with Crippen molar-refractivity contribution in [2.24, 2.45) is 11.1 Å². The minimum absolute atomic E-state index is 0.148. The maximum Gasteiger partial charge on any atom is 0.253 e. The lowest BCUT2D eigenvalue weighted by molar-refractivity contribution is -0.143. The van der Waals surface area contributed by atoms with E-state index in [4.69, 9.17) is 15.3 Å². The Morgan fingerprint density at radius 1 is 1.35 bits per heavy atom. The lowest BCUT2D eigenvalue weighted by atomic mass is 9.83. The number of rotatable bonds is 8. The number of nitrogens with one attached hydrogen (secondary N) is 1. The van der Waals surface area contributed by atoms with Gasteiger partial charge in [-0.05, 0) is 60.7 Å². The van der Waals surface area contributed by atoms with Crippen molar-refractivity contribution in [1.82, 2.24) is 5.48 Å². The minimum Gasteiger partial charge on any atom is -0.374 e. The molecule has 1 aromatic carbocycles. The maximum atomic E-state index is 12.6. The smallest absolute Gasteiger partial charge is 0.253 e. The SMILES string of the molecule is CONC(=O)C(c1cccc(I)c1)C(C)(C)OCC(C)(C)CN.